The van der Waals surface area contributed by atoms with Gasteiger partial charge in [-0.15, -0.1) is 6.42 Å². The van der Waals surface area contributed by atoms with Crippen molar-refractivity contribution in [2.45, 2.75) is 97.9 Å². The minimum Gasteiger partial charge on any atom is -0.444 e. The summed E-state index contributed by atoms with van der Waals surface area (Å²) in [6, 6.07) is 5.27. The zero-order valence-electron chi connectivity index (χ0n) is 22.0. The van der Waals surface area contributed by atoms with E-state index in [1.54, 1.807) is 52.0 Å². The number of rotatable bonds is 9. The summed E-state index contributed by atoms with van der Waals surface area (Å²) in [5.74, 6) is 1.92. The molecule has 7 nitrogen and oxygen atoms in total. The molecule has 1 aromatic carbocycles. The Morgan fingerprint density at radius 1 is 1.09 bits per heavy atom. The number of benzene rings is 1. The fourth-order valence-electron chi connectivity index (χ4n) is 3.45. The molecule has 0 bridgehead atoms. The molecule has 0 radical (unpaired) electrons. The van der Waals surface area contributed by atoms with Crippen molar-refractivity contribution >= 4 is 17.9 Å². The summed E-state index contributed by atoms with van der Waals surface area (Å²) >= 11 is 0. The first kappa shape index (κ1) is 29.0. The second-order valence-electron chi connectivity index (χ2n) is 10.5. The number of unbranched alkanes of at least 4 members (excludes halogenated alkanes) is 2. The number of nitrogens with one attached hydrogen (secondary N) is 2. The van der Waals surface area contributed by atoms with Gasteiger partial charge in [0.05, 0.1) is 0 Å². The molecule has 3 amide bonds. The molecule has 1 aromatic rings. The molecular formula is C27H41N3O4. The lowest BCUT2D eigenvalue weighted by molar-refractivity contribution is -0.142. The van der Waals surface area contributed by atoms with Crippen LogP contribution in [0.4, 0.5) is 4.79 Å². The highest BCUT2D eigenvalue weighted by Gasteiger charge is 2.36. The van der Waals surface area contributed by atoms with Gasteiger partial charge in [0.1, 0.15) is 17.7 Å². The molecule has 188 valence electrons. The first-order valence-corrected chi connectivity index (χ1v) is 11.9. The number of ether oxygens (including phenoxy) is 1. The maximum atomic E-state index is 13.6. The minimum absolute atomic E-state index is 0.329. The lowest BCUT2D eigenvalue weighted by atomic mass is 9.96. The number of alkyl carbamates (subject to hydrolysis) is 1. The number of amides is 3. The smallest absolute Gasteiger partial charge is 0.408 e. The van der Waals surface area contributed by atoms with Crippen LogP contribution in [0.5, 0.6) is 0 Å². The average molecular weight is 472 g/mol. The number of carbonyl (C=O) groups excluding carboxylic acids is 3. The molecule has 0 aliphatic heterocycles. The van der Waals surface area contributed by atoms with Crippen LogP contribution in [0.2, 0.25) is 0 Å². The van der Waals surface area contributed by atoms with Crippen molar-refractivity contribution in [3.8, 4) is 12.3 Å². The SMILES string of the molecule is C#Cc1ccccc1C(C(=O)NC(C)(C)C)N(CCCCC)C(=O)C(C)NC(=O)OC(C)(C)C. The van der Waals surface area contributed by atoms with Crippen LogP contribution in [0, 0.1) is 12.3 Å². The summed E-state index contributed by atoms with van der Waals surface area (Å²) in [5, 5.41) is 5.60. The number of hydrogen-bond acceptors (Lipinski definition) is 4. The molecular weight excluding hydrogens is 430 g/mol. The molecule has 2 unspecified atom stereocenters. The Balaban J connectivity index is 3.43. The summed E-state index contributed by atoms with van der Waals surface area (Å²) in [4.78, 5) is 41.0. The highest BCUT2D eigenvalue weighted by Crippen LogP contribution is 2.27. The third kappa shape index (κ3) is 9.46. The summed E-state index contributed by atoms with van der Waals surface area (Å²) in [7, 11) is 0. The van der Waals surface area contributed by atoms with Crippen LogP contribution in [0.25, 0.3) is 0 Å². The summed E-state index contributed by atoms with van der Waals surface area (Å²) < 4.78 is 5.31. The molecule has 1 rings (SSSR count). The fourth-order valence-corrected chi connectivity index (χ4v) is 3.45. The maximum absolute atomic E-state index is 13.6. The van der Waals surface area contributed by atoms with Gasteiger partial charge >= 0.3 is 6.09 Å². The van der Waals surface area contributed by atoms with Crippen molar-refractivity contribution in [1.82, 2.24) is 15.5 Å². The van der Waals surface area contributed by atoms with Gasteiger partial charge in [-0.2, -0.15) is 0 Å². The molecule has 2 N–H and O–H groups in total. The Hall–Kier alpha value is -3.01. The Morgan fingerprint density at radius 3 is 2.24 bits per heavy atom. The van der Waals surface area contributed by atoms with E-state index in [-0.39, 0.29) is 11.8 Å². The van der Waals surface area contributed by atoms with Gasteiger partial charge in [-0.3, -0.25) is 9.59 Å². The number of hydrogen-bond donors (Lipinski definition) is 2. The van der Waals surface area contributed by atoms with Crippen LogP contribution in [-0.4, -0.2) is 46.5 Å². The van der Waals surface area contributed by atoms with Crippen LogP contribution < -0.4 is 10.6 Å². The van der Waals surface area contributed by atoms with Gasteiger partial charge in [0.2, 0.25) is 11.8 Å². The van der Waals surface area contributed by atoms with Crippen LogP contribution in [0.3, 0.4) is 0 Å². The fraction of sp³-hybridized carbons (Fsp3) is 0.593. The molecule has 0 fully saturated rings. The normalized spacial score (nSPS) is 13.3. The van der Waals surface area contributed by atoms with Gasteiger partial charge in [0.25, 0.3) is 0 Å². The summed E-state index contributed by atoms with van der Waals surface area (Å²) in [6.45, 7) is 14.9. The second kappa shape index (κ2) is 12.5. The molecule has 0 aromatic heterocycles. The van der Waals surface area contributed by atoms with E-state index >= 15 is 0 Å². The third-order valence-corrected chi connectivity index (χ3v) is 4.86. The lowest BCUT2D eigenvalue weighted by Gasteiger charge is -2.35. The van der Waals surface area contributed by atoms with Crippen LogP contribution >= 0.6 is 0 Å². The first-order chi connectivity index (χ1) is 15.7. The largest absolute Gasteiger partial charge is 0.444 e. The van der Waals surface area contributed by atoms with Crippen molar-refractivity contribution in [3.63, 3.8) is 0 Å². The molecule has 0 spiro atoms. The van der Waals surface area contributed by atoms with Gasteiger partial charge in [0, 0.05) is 17.6 Å². The highest BCUT2D eigenvalue weighted by atomic mass is 16.6. The number of carbonyl (C=O) groups is 3. The minimum atomic E-state index is -0.946. The van der Waals surface area contributed by atoms with E-state index in [9.17, 15) is 14.4 Å². The topological polar surface area (TPSA) is 87.7 Å². The Bertz CT molecular complexity index is 890. The second-order valence-corrected chi connectivity index (χ2v) is 10.5. The monoisotopic (exact) mass is 471 g/mol. The zero-order valence-corrected chi connectivity index (χ0v) is 22.0. The molecule has 0 aliphatic carbocycles. The first-order valence-electron chi connectivity index (χ1n) is 11.9. The van der Waals surface area contributed by atoms with Gasteiger partial charge in [-0.1, -0.05) is 43.9 Å². The Kier molecular flexibility index (Phi) is 10.6. The van der Waals surface area contributed by atoms with Gasteiger partial charge in [-0.05, 0) is 66.5 Å². The van der Waals surface area contributed by atoms with E-state index in [2.05, 4.69) is 23.5 Å². The van der Waals surface area contributed by atoms with Crippen LogP contribution in [0.1, 0.15) is 91.8 Å². The van der Waals surface area contributed by atoms with Crippen molar-refractivity contribution in [1.29, 1.82) is 0 Å². The van der Waals surface area contributed by atoms with E-state index in [4.69, 9.17) is 11.2 Å². The van der Waals surface area contributed by atoms with Gasteiger partial charge < -0.3 is 20.3 Å². The van der Waals surface area contributed by atoms with Crippen LogP contribution in [0.15, 0.2) is 24.3 Å². The predicted octanol–water partition coefficient (Wildman–Crippen LogP) is 4.56. The van der Waals surface area contributed by atoms with E-state index in [0.29, 0.717) is 24.1 Å². The van der Waals surface area contributed by atoms with E-state index < -0.39 is 29.3 Å². The quantitative estimate of drug-likeness (QED) is 0.408. The third-order valence-electron chi connectivity index (χ3n) is 4.86. The zero-order chi connectivity index (χ0) is 26.1. The molecule has 0 saturated carbocycles. The lowest BCUT2D eigenvalue weighted by Crippen LogP contribution is -2.54. The molecule has 7 heteroatoms. The highest BCUT2D eigenvalue weighted by molar-refractivity contribution is 5.92. The van der Waals surface area contributed by atoms with Crippen molar-refractivity contribution in [2.24, 2.45) is 0 Å². The maximum Gasteiger partial charge on any atom is 0.408 e. The number of nitrogens with zero attached hydrogens (tertiary/aromatic N) is 1. The van der Waals surface area contributed by atoms with E-state index in [0.717, 1.165) is 12.8 Å². The van der Waals surface area contributed by atoms with Crippen LogP contribution in [-0.2, 0) is 14.3 Å². The summed E-state index contributed by atoms with van der Waals surface area (Å²) in [5.41, 5.74) is -0.105. The number of terminal acetylenes is 1. The molecule has 0 heterocycles. The van der Waals surface area contributed by atoms with E-state index in [1.165, 1.54) is 4.90 Å². The summed E-state index contributed by atoms with van der Waals surface area (Å²) in [6.07, 6.45) is 7.60. The van der Waals surface area contributed by atoms with E-state index in [1.807, 2.05) is 20.8 Å². The standard InChI is InChI=1S/C27H41N3O4/c1-10-12-15-18-30(24(32)19(3)28-25(33)34-27(7,8)9)22(23(31)29-26(4,5)6)21-17-14-13-16-20(21)11-2/h2,13-14,16-17,19,22H,10,12,15,18H2,1,3-9H3,(H,28,33)(H,29,31). The van der Waals surface area contributed by atoms with Crippen molar-refractivity contribution in [2.75, 3.05) is 6.54 Å². The molecule has 2 atom stereocenters. The van der Waals surface area contributed by atoms with Crippen molar-refractivity contribution in [3.05, 3.63) is 35.4 Å². The predicted molar refractivity (Wildman–Crippen MR) is 135 cm³/mol. The molecule has 0 aliphatic rings. The van der Waals surface area contributed by atoms with Gasteiger partial charge in [0.15, 0.2) is 0 Å². The molecule has 0 saturated heterocycles. The average Bonchev–Trinajstić information content (AvgIpc) is 2.70. The molecule has 34 heavy (non-hydrogen) atoms. The van der Waals surface area contributed by atoms with Crippen molar-refractivity contribution < 1.29 is 19.1 Å². The Labute approximate surface area is 205 Å². The Morgan fingerprint density at radius 2 is 1.71 bits per heavy atom. The van der Waals surface area contributed by atoms with Gasteiger partial charge in [-0.25, -0.2) is 4.79 Å².